The van der Waals surface area contributed by atoms with Gasteiger partial charge in [-0.25, -0.2) is 4.79 Å². The Labute approximate surface area is 154 Å². The molecule has 0 radical (unpaired) electrons. The van der Waals surface area contributed by atoms with E-state index in [-0.39, 0.29) is 12.5 Å². The molecular formula is C20H17NO4S. The van der Waals surface area contributed by atoms with Crippen LogP contribution in [0.2, 0.25) is 0 Å². The summed E-state index contributed by atoms with van der Waals surface area (Å²) >= 11 is 1.75. The summed E-state index contributed by atoms with van der Waals surface area (Å²) in [6.07, 6.45) is 0. The molecule has 6 heteroatoms. The molecule has 0 saturated heterocycles. The molecule has 1 aliphatic rings. The van der Waals surface area contributed by atoms with Gasteiger partial charge in [0.25, 0.3) is 5.91 Å². The minimum absolute atomic E-state index is 0.0689. The van der Waals surface area contributed by atoms with E-state index in [1.54, 1.807) is 28.8 Å². The van der Waals surface area contributed by atoms with Gasteiger partial charge in [0.05, 0.1) is 5.69 Å². The Morgan fingerprint density at radius 2 is 2.08 bits per heavy atom. The number of carbonyl (C=O) groups excluding carboxylic acids is 1. The molecule has 2 aromatic carbocycles. The van der Waals surface area contributed by atoms with Crippen molar-refractivity contribution in [3.63, 3.8) is 0 Å². The van der Waals surface area contributed by atoms with Crippen LogP contribution in [0.15, 0.2) is 62.6 Å². The average molecular weight is 367 g/mol. The number of amides is 1. The van der Waals surface area contributed by atoms with E-state index in [0.29, 0.717) is 17.9 Å². The average Bonchev–Trinajstić information content (AvgIpc) is 2.65. The monoisotopic (exact) mass is 367 g/mol. The third-order valence-corrected chi connectivity index (χ3v) is 5.36. The van der Waals surface area contributed by atoms with Crippen molar-refractivity contribution in [3.05, 3.63) is 64.5 Å². The van der Waals surface area contributed by atoms with Gasteiger partial charge in [-0.3, -0.25) is 4.79 Å². The van der Waals surface area contributed by atoms with Crippen LogP contribution in [0.3, 0.4) is 0 Å². The highest BCUT2D eigenvalue weighted by Gasteiger charge is 2.22. The van der Waals surface area contributed by atoms with Crippen molar-refractivity contribution in [1.82, 2.24) is 0 Å². The lowest BCUT2D eigenvalue weighted by molar-refractivity contribution is -0.120. The molecule has 2 heterocycles. The van der Waals surface area contributed by atoms with Crippen molar-refractivity contribution < 1.29 is 13.9 Å². The first-order valence-corrected chi connectivity index (χ1v) is 9.30. The summed E-state index contributed by atoms with van der Waals surface area (Å²) in [6.45, 7) is 2.45. The number of fused-ring (bicyclic) bond motifs is 2. The number of hydrogen-bond donors (Lipinski definition) is 0. The minimum Gasteiger partial charge on any atom is -0.484 e. The molecular weight excluding hydrogens is 350 g/mol. The maximum atomic E-state index is 12.6. The molecule has 0 fully saturated rings. The predicted octanol–water partition coefficient (Wildman–Crippen LogP) is 3.62. The Balaban J connectivity index is 1.52. The molecule has 26 heavy (non-hydrogen) atoms. The second-order valence-corrected chi connectivity index (χ2v) is 7.19. The van der Waals surface area contributed by atoms with Crippen LogP contribution >= 0.6 is 11.8 Å². The van der Waals surface area contributed by atoms with E-state index in [1.165, 1.54) is 6.07 Å². The lowest BCUT2D eigenvalue weighted by atomic mass is 10.1. The van der Waals surface area contributed by atoms with Crippen LogP contribution in [-0.4, -0.2) is 24.8 Å². The van der Waals surface area contributed by atoms with Gasteiger partial charge in [-0.1, -0.05) is 12.1 Å². The Kier molecular flexibility index (Phi) is 4.42. The molecule has 0 spiro atoms. The Morgan fingerprint density at radius 1 is 1.23 bits per heavy atom. The van der Waals surface area contributed by atoms with E-state index in [4.69, 9.17) is 9.15 Å². The maximum Gasteiger partial charge on any atom is 0.336 e. The Morgan fingerprint density at radius 3 is 2.96 bits per heavy atom. The first kappa shape index (κ1) is 16.7. The summed E-state index contributed by atoms with van der Waals surface area (Å²) in [5.41, 5.74) is 1.84. The van der Waals surface area contributed by atoms with Crippen LogP contribution < -0.4 is 15.3 Å². The van der Waals surface area contributed by atoms with Crippen LogP contribution in [-0.2, 0) is 4.79 Å². The largest absolute Gasteiger partial charge is 0.484 e. The van der Waals surface area contributed by atoms with E-state index in [2.05, 4.69) is 0 Å². The van der Waals surface area contributed by atoms with Gasteiger partial charge in [-0.2, -0.15) is 0 Å². The van der Waals surface area contributed by atoms with Gasteiger partial charge < -0.3 is 14.1 Å². The highest BCUT2D eigenvalue weighted by molar-refractivity contribution is 7.99. The predicted molar refractivity (Wildman–Crippen MR) is 102 cm³/mol. The van der Waals surface area contributed by atoms with E-state index < -0.39 is 5.63 Å². The fourth-order valence-corrected chi connectivity index (χ4v) is 4.04. The van der Waals surface area contributed by atoms with Crippen LogP contribution in [0.4, 0.5) is 5.69 Å². The number of rotatable bonds is 3. The maximum absolute atomic E-state index is 12.6. The van der Waals surface area contributed by atoms with Gasteiger partial charge in [0, 0.05) is 34.7 Å². The van der Waals surface area contributed by atoms with Gasteiger partial charge in [-0.15, -0.1) is 11.8 Å². The van der Waals surface area contributed by atoms with E-state index in [1.807, 2.05) is 37.3 Å². The lowest BCUT2D eigenvalue weighted by Crippen LogP contribution is -2.38. The van der Waals surface area contributed by atoms with Gasteiger partial charge in [0.2, 0.25) is 0 Å². The van der Waals surface area contributed by atoms with Gasteiger partial charge >= 0.3 is 5.63 Å². The highest BCUT2D eigenvalue weighted by Crippen LogP contribution is 2.34. The number of para-hydroxylation sites is 1. The number of anilines is 1. The van der Waals surface area contributed by atoms with Crippen molar-refractivity contribution in [1.29, 1.82) is 0 Å². The lowest BCUT2D eigenvalue weighted by Gasteiger charge is -2.28. The summed E-state index contributed by atoms with van der Waals surface area (Å²) in [7, 11) is 0. The van der Waals surface area contributed by atoms with Crippen LogP contribution in [0.5, 0.6) is 5.75 Å². The number of hydrogen-bond acceptors (Lipinski definition) is 5. The first-order chi connectivity index (χ1) is 12.6. The van der Waals surface area contributed by atoms with Crippen molar-refractivity contribution >= 4 is 34.3 Å². The fourth-order valence-electron chi connectivity index (χ4n) is 3.05. The normalized spacial score (nSPS) is 13.5. The molecule has 1 amide bonds. The SMILES string of the molecule is Cc1cc(=O)oc2cc(OCC(=O)N3CCSc4ccccc43)ccc12. The third-order valence-electron chi connectivity index (χ3n) is 4.31. The van der Waals surface area contributed by atoms with Crippen molar-refractivity contribution in [2.24, 2.45) is 0 Å². The van der Waals surface area contributed by atoms with Crippen LogP contribution in [0, 0.1) is 6.92 Å². The quantitative estimate of drug-likeness (QED) is 0.662. The Bertz CT molecular complexity index is 1040. The molecule has 0 saturated carbocycles. The van der Waals surface area contributed by atoms with Gasteiger partial charge in [-0.05, 0) is 36.8 Å². The second-order valence-electron chi connectivity index (χ2n) is 6.06. The molecule has 0 atom stereocenters. The number of ether oxygens (including phenoxy) is 1. The first-order valence-electron chi connectivity index (χ1n) is 8.31. The number of nitrogens with zero attached hydrogens (tertiary/aromatic N) is 1. The summed E-state index contributed by atoms with van der Waals surface area (Å²) in [6, 6.07) is 14.6. The van der Waals surface area contributed by atoms with Crippen molar-refractivity contribution in [2.75, 3.05) is 23.8 Å². The molecule has 0 bridgehead atoms. The zero-order valence-electron chi connectivity index (χ0n) is 14.2. The molecule has 5 nitrogen and oxygen atoms in total. The number of benzene rings is 2. The zero-order valence-corrected chi connectivity index (χ0v) is 15.0. The minimum atomic E-state index is -0.398. The van der Waals surface area contributed by atoms with Gasteiger partial charge in [0.15, 0.2) is 6.61 Å². The highest BCUT2D eigenvalue weighted by atomic mass is 32.2. The topological polar surface area (TPSA) is 59.8 Å². The number of aryl methyl sites for hydroxylation is 1. The number of carbonyl (C=O) groups is 1. The van der Waals surface area contributed by atoms with Crippen LogP contribution in [0.1, 0.15) is 5.56 Å². The smallest absolute Gasteiger partial charge is 0.336 e. The van der Waals surface area contributed by atoms with E-state index >= 15 is 0 Å². The summed E-state index contributed by atoms with van der Waals surface area (Å²) in [5.74, 6) is 1.27. The molecule has 1 aromatic heterocycles. The molecule has 0 N–H and O–H groups in total. The standard InChI is InChI=1S/C20H17NO4S/c1-13-10-20(23)25-17-11-14(6-7-15(13)17)24-12-19(22)21-8-9-26-18-5-3-2-4-16(18)21/h2-7,10-11H,8-9,12H2,1H3. The fraction of sp³-hybridized carbons (Fsp3) is 0.200. The molecule has 4 rings (SSSR count). The third kappa shape index (κ3) is 3.20. The van der Waals surface area contributed by atoms with Gasteiger partial charge in [0.1, 0.15) is 11.3 Å². The van der Waals surface area contributed by atoms with Crippen molar-refractivity contribution in [2.45, 2.75) is 11.8 Å². The Hall–Kier alpha value is -2.73. The second kappa shape index (κ2) is 6.88. The summed E-state index contributed by atoms with van der Waals surface area (Å²) in [5, 5.41) is 0.852. The van der Waals surface area contributed by atoms with Crippen LogP contribution in [0.25, 0.3) is 11.0 Å². The molecule has 3 aromatic rings. The summed E-state index contributed by atoms with van der Waals surface area (Å²) < 4.78 is 10.9. The van der Waals surface area contributed by atoms with E-state index in [9.17, 15) is 9.59 Å². The number of thioether (sulfide) groups is 1. The van der Waals surface area contributed by atoms with E-state index in [0.717, 1.165) is 27.3 Å². The zero-order chi connectivity index (χ0) is 18.1. The molecule has 0 aliphatic carbocycles. The molecule has 1 aliphatic heterocycles. The summed E-state index contributed by atoms with van der Waals surface area (Å²) in [4.78, 5) is 27.0. The molecule has 132 valence electrons. The van der Waals surface area contributed by atoms with Crippen molar-refractivity contribution in [3.8, 4) is 5.75 Å². The molecule has 0 unspecified atom stereocenters.